The molecule has 0 amide bonds. The van der Waals surface area contributed by atoms with Crippen LogP contribution in [0.15, 0.2) is 22.7 Å². The molecule has 100 valence electrons. The molecule has 18 heavy (non-hydrogen) atoms. The molecule has 0 aliphatic heterocycles. The topological polar surface area (TPSA) is 72.2 Å². The van der Waals surface area contributed by atoms with E-state index >= 15 is 0 Å². The van der Waals surface area contributed by atoms with Crippen molar-refractivity contribution in [2.75, 3.05) is 12.3 Å². The molecule has 1 unspecified atom stereocenters. The summed E-state index contributed by atoms with van der Waals surface area (Å²) in [6.45, 7) is 0.674. The first-order valence-corrected chi connectivity index (χ1v) is 8.49. The van der Waals surface area contributed by atoms with E-state index in [1.54, 1.807) is 0 Å². The molecule has 1 aromatic rings. The Hall–Kier alpha value is -0.430. The number of hydrogen-bond donors (Lipinski definition) is 2. The lowest BCUT2D eigenvalue weighted by atomic mass is 10.1. The van der Waals surface area contributed by atoms with Gasteiger partial charge in [-0.05, 0) is 43.0 Å². The Bertz CT molecular complexity index is 531. The van der Waals surface area contributed by atoms with Gasteiger partial charge in [-0.25, -0.2) is 13.6 Å². The standard InChI is InChI=1S/C12H17BrN2O2S/c13-11-4-1-3-10-9(11)5-6-12(10)15-7-2-8-18(14,16)17/h1,3-4,12,15H,2,5-8H2,(H2,14,16,17). The third-order valence-corrected chi connectivity index (χ3v) is 4.81. The largest absolute Gasteiger partial charge is 0.310 e. The number of fused-ring (bicyclic) bond motifs is 1. The van der Waals surface area contributed by atoms with E-state index in [4.69, 9.17) is 5.14 Å². The van der Waals surface area contributed by atoms with Gasteiger partial charge in [-0.1, -0.05) is 28.1 Å². The second-order valence-electron chi connectivity index (χ2n) is 4.57. The molecular weight excluding hydrogens is 316 g/mol. The number of benzene rings is 1. The van der Waals surface area contributed by atoms with Gasteiger partial charge in [0.1, 0.15) is 0 Å². The summed E-state index contributed by atoms with van der Waals surface area (Å²) < 4.78 is 22.8. The molecule has 0 saturated heterocycles. The summed E-state index contributed by atoms with van der Waals surface area (Å²) >= 11 is 3.56. The maximum absolute atomic E-state index is 10.8. The van der Waals surface area contributed by atoms with Crippen LogP contribution in [0.1, 0.15) is 30.0 Å². The van der Waals surface area contributed by atoms with Crippen LogP contribution in [0, 0.1) is 0 Å². The maximum atomic E-state index is 10.8. The van der Waals surface area contributed by atoms with Crippen LogP contribution < -0.4 is 10.5 Å². The van der Waals surface area contributed by atoms with Gasteiger partial charge in [-0.15, -0.1) is 0 Å². The number of primary sulfonamides is 1. The third kappa shape index (κ3) is 3.54. The van der Waals surface area contributed by atoms with Gasteiger partial charge in [0.05, 0.1) is 5.75 Å². The van der Waals surface area contributed by atoms with E-state index in [0.717, 1.165) is 17.3 Å². The lowest BCUT2D eigenvalue weighted by Gasteiger charge is -2.13. The molecule has 0 heterocycles. The predicted octanol–water partition coefficient (Wildman–Crippen LogP) is 1.70. The van der Waals surface area contributed by atoms with E-state index in [9.17, 15) is 8.42 Å². The van der Waals surface area contributed by atoms with Crippen LogP contribution in [0.25, 0.3) is 0 Å². The Kier molecular flexibility index (Phi) is 4.42. The van der Waals surface area contributed by atoms with Crippen LogP contribution in [-0.2, 0) is 16.4 Å². The molecule has 6 heteroatoms. The number of sulfonamides is 1. The van der Waals surface area contributed by atoms with Crippen molar-refractivity contribution >= 4 is 26.0 Å². The van der Waals surface area contributed by atoms with Crippen LogP contribution >= 0.6 is 15.9 Å². The second kappa shape index (κ2) is 5.69. The minimum absolute atomic E-state index is 0.0397. The minimum Gasteiger partial charge on any atom is -0.310 e. The van der Waals surface area contributed by atoms with E-state index in [1.807, 2.05) is 6.07 Å². The van der Waals surface area contributed by atoms with Gasteiger partial charge >= 0.3 is 0 Å². The number of halogens is 1. The molecule has 0 saturated carbocycles. The van der Waals surface area contributed by atoms with Crippen molar-refractivity contribution in [1.82, 2.24) is 5.32 Å². The molecule has 1 atom stereocenters. The summed E-state index contributed by atoms with van der Waals surface area (Å²) in [5.41, 5.74) is 2.68. The number of nitrogens with two attached hydrogens (primary N) is 1. The summed E-state index contributed by atoms with van der Waals surface area (Å²) in [6.07, 6.45) is 2.68. The van der Waals surface area contributed by atoms with E-state index in [2.05, 4.69) is 33.4 Å². The monoisotopic (exact) mass is 332 g/mol. The van der Waals surface area contributed by atoms with Crippen molar-refractivity contribution < 1.29 is 8.42 Å². The fourth-order valence-electron chi connectivity index (χ4n) is 2.37. The van der Waals surface area contributed by atoms with Crippen molar-refractivity contribution in [3.63, 3.8) is 0 Å². The molecule has 3 N–H and O–H groups in total. The molecule has 0 fully saturated rings. The molecule has 0 aromatic heterocycles. The van der Waals surface area contributed by atoms with Crippen LogP contribution in [0.2, 0.25) is 0 Å². The zero-order valence-electron chi connectivity index (χ0n) is 10.0. The van der Waals surface area contributed by atoms with Gasteiger partial charge in [0.2, 0.25) is 10.0 Å². The van der Waals surface area contributed by atoms with Crippen LogP contribution in [-0.4, -0.2) is 20.7 Å². The molecule has 0 radical (unpaired) electrons. The summed E-state index contributed by atoms with van der Waals surface area (Å²) in [5, 5.41) is 8.36. The Labute approximate surface area is 116 Å². The molecule has 1 aliphatic rings. The Morgan fingerprint density at radius 1 is 1.44 bits per heavy atom. The normalized spacial score (nSPS) is 18.9. The Morgan fingerprint density at radius 2 is 2.22 bits per heavy atom. The van der Waals surface area contributed by atoms with Gasteiger partial charge < -0.3 is 5.32 Å². The molecule has 2 rings (SSSR count). The average molecular weight is 333 g/mol. The highest BCUT2D eigenvalue weighted by Crippen LogP contribution is 2.35. The van der Waals surface area contributed by atoms with E-state index in [0.29, 0.717) is 19.0 Å². The van der Waals surface area contributed by atoms with Crippen LogP contribution in [0.5, 0.6) is 0 Å². The molecule has 1 aliphatic carbocycles. The molecule has 4 nitrogen and oxygen atoms in total. The Balaban J connectivity index is 1.89. The fourth-order valence-corrected chi connectivity index (χ4v) is 3.50. The van der Waals surface area contributed by atoms with Gasteiger partial charge in [0, 0.05) is 10.5 Å². The second-order valence-corrected chi connectivity index (χ2v) is 7.16. The molecule has 0 bridgehead atoms. The first-order valence-electron chi connectivity index (χ1n) is 5.98. The van der Waals surface area contributed by atoms with E-state index < -0.39 is 10.0 Å². The SMILES string of the molecule is NS(=O)(=O)CCCNC1CCc2c(Br)cccc21. The van der Waals surface area contributed by atoms with Gasteiger partial charge in [0.25, 0.3) is 0 Å². The first kappa shape index (κ1) is 14.0. The summed E-state index contributed by atoms with van der Waals surface area (Å²) in [7, 11) is -3.33. The summed E-state index contributed by atoms with van der Waals surface area (Å²) in [6, 6.07) is 6.55. The first-order chi connectivity index (χ1) is 8.47. The number of rotatable bonds is 5. The Morgan fingerprint density at radius 3 is 2.94 bits per heavy atom. The zero-order chi connectivity index (χ0) is 13.2. The lowest BCUT2D eigenvalue weighted by Crippen LogP contribution is -2.24. The summed E-state index contributed by atoms with van der Waals surface area (Å²) in [5.74, 6) is 0.0397. The van der Waals surface area contributed by atoms with Crippen molar-refractivity contribution in [1.29, 1.82) is 0 Å². The smallest absolute Gasteiger partial charge is 0.209 e. The van der Waals surface area contributed by atoms with Crippen molar-refractivity contribution in [2.24, 2.45) is 5.14 Å². The average Bonchev–Trinajstić information content (AvgIpc) is 2.68. The highest BCUT2D eigenvalue weighted by molar-refractivity contribution is 9.10. The highest BCUT2D eigenvalue weighted by atomic mass is 79.9. The van der Waals surface area contributed by atoms with Crippen molar-refractivity contribution in [3.05, 3.63) is 33.8 Å². The fraction of sp³-hybridized carbons (Fsp3) is 0.500. The van der Waals surface area contributed by atoms with Crippen LogP contribution in [0.3, 0.4) is 0 Å². The predicted molar refractivity (Wildman–Crippen MR) is 75.8 cm³/mol. The van der Waals surface area contributed by atoms with E-state index in [1.165, 1.54) is 11.1 Å². The summed E-state index contributed by atoms with van der Waals surface area (Å²) in [4.78, 5) is 0. The van der Waals surface area contributed by atoms with Crippen molar-refractivity contribution in [2.45, 2.75) is 25.3 Å². The van der Waals surface area contributed by atoms with Gasteiger partial charge in [-0.3, -0.25) is 0 Å². The van der Waals surface area contributed by atoms with E-state index in [-0.39, 0.29) is 5.75 Å². The van der Waals surface area contributed by atoms with Crippen molar-refractivity contribution in [3.8, 4) is 0 Å². The number of nitrogens with one attached hydrogen (secondary N) is 1. The zero-order valence-corrected chi connectivity index (χ0v) is 12.4. The molecule has 1 aromatic carbocycles. The highest BCUT2D eigenvalue weighted by Gasteiger charge is 2.23. The van der Waals surface area contributed by atoms with Crippen LogP contribution in [0.4, 0.5) is 0 Å². The maximum Gasteiger partial charge on any atom is 0.209 e. The quantitative estimate of drug-likeness (QED) is 0.806. The molecular formula is C12H17BrN2O2S. The minimum atomic E-state index is -3.33. The van der Waals surface area contributed by atoms with Gasteiger partial charge in [0.15, 0.2) is 0 Å². The molecule has 0 spiro atoms. The van der Waals surface area contributed by atoms with Gasteiger partial charge in [-0.2, -0.15) is 0 Å². The number of hydrogen-bond acceptors (Lipinski definition) is 3. The lowest BCUT2D eigenvalue weighted by molar-refractivity contribution is 0.526. The third-order valence-electron chi connectivity index (χ3n) is 3.21.